The minimum atomic E-state index is 0.632. The molecule has 0 aromatic carbocycles. The van der Waals surface area contributed by atoms with E-state index in [0.29, 0.717) is 6.04 Å². The van der Waals surface area contributed by atoms with Gasteiger partial charge in [-0.05, 0) is 19.4 Å². The number of nitrogens with zero attached hydrogens (tertiary/aromatic N) is 1. The molecule has 0 amide bonds. The molecule has 0 spiro atoms. The molecule has 0 saturated carbocycles. The Labute approximate surface area is 87.8 Å². The van der Waals surface area contributed by atoms with E-state index in [-0.39, 0.29) is 0 Å². The zero-order valence-electron chi connectivity index (χ0n) is 9.75. The highest BCUT2D eigenvalue weighted by Gasteiger charge is 2.15. The summed E-state index contributed by atoms with van der Waals surface area (Å²) in [6, 6.07) is 0.632. The van der Waals surface area contributed by atoms with Gasteiger partial charge < -0.3 is 10.1 Å². The lowest BCUT2D eigenvalue weighted by Gasteiger charge is -2.31. The van der Waals surface area contributed by atoms with Gasteiger partial charge in [0.15, 0.2) is 0 Å². The van der Waals surface area contributed by atoms with Gasteiger partial charge in [-0.25, -0.2) is 0 Å². The van der Waals surface area contributed by atoms with Gasteiger partial charge in [0.25, 0.3) is 0 Å². The van der Waals surface area contributed by atoms with Gasteiger partial charge >= 0.3 is 0 Å². The van der Waals surface area contributed by atoms with Crippen LogP contribution in [0, 0.1) is 5.92 Å². The van der Waals surface area contributed by atoms with Crippen molar-refractivity contribution >= 4 is 0 Å². The van der Waals surface area contributed by atoms with Gasteiger partial charge in [-0.15, -0.1) is 0 Å². The Balaban J connectivity index is 2.23. The highest BCUT2D eigenvalue weighted by molar-refractivity contribution is 4.73. The molecule has 1 fully saturated rings. The molecule has 1 aliphatic heterocycles. The summed E-state index contributed by atoms with van der Waals surface area (Å²) in [5.41, 5.74) is 0. The van der Waals surface area contributed by atoms with Gasteiger partial charge in [-0.3, -0.25) is 4.90 Å². The van der Waals surface area contributed by atoms with E-state index in [1.54, 1.807) is 0 Å². The Kier molecular flexibility index (Phi) is 5.45. The van der Waals surface area contributed by atoms with E-state index in [0.717, 1.165) is 38.8 Å². The van der Waals surface area contributed by atoms with Gasteiger partial charge in [-0.1, -0.05) is 13.8 Å². The molecule has 0 aliphatic carbocycles. The summed E-state index contributed by atoms with van der Waals surface area (Å²) in [6.07, 6.45) is 1.26. The van der Waals surface area contributed by atoms with Crippen LogP contribution in [0.2, 0.25) is 0 Å². The van der Waals surface area contributed by atoms with Crippen molar-refractivity contribution in [3.05, 3.63) is 0 Å². The third-order valence-electron chi connectivity index (χ3n) is 2.75. The molecule has 3 nitrogen and oxygen atoms in total. The van der Waals surface area contributed by atoms with Crippen molar-refractivity contribution in [2.75, 3.05) is 39.9 Å². The van der Waals surface area contributed by atoms with Crippen molar-refractivity contribution in [2.45, 2.75) is 26.3 Å². The zero-order chi connectivity index (χ0) is 10.4. The van der Waals surface area contributed by atoms with Gasteiger partial charge in [0.1, 0.15) is 0 Å². The predicted octanol–water partition coefficient (Wildman–Crippen LogP) is 0.953. The molecule has 3 heteroatoms. The van der Waals surface area contributed by atoms with Crippen LogP contribution in [0.3, 0.4) is 0 Å². The summed E-state index contributed by atoms with van der Waals surface area (Å²) in [5, 5.41) is 3.40. The Hall–Kier alpha value is -0.120. The van der Waals surface area contributed by atoms with Gasteiger partial charge in [0.05, 0.1) is 13.2 Å². The van der Waals surface area contributed by atoms with Crippen LogP contribution in [0.15, 0.2) is 0 Å². The number of hydrogen-bond acceptors (Lipinski definition) is 3. The van der Waals surface area contributed by atoms with Crippen LogP contribution in [-0.4, -0.2) is 50.8 Å². The average molecular weight is 200 g/mol. The van der Waals surface area contributed by atoms with Crippen LogP contribution >= 0.6 is 0 Å². The average Bonchev–Trinajstić information content (AvgIpc) is 2.17. The SMILES string of the molecule is CN[C@@H](CC(C)C)CN1CCOCC1. The molecule has 1 saturated heterocycles. The van der Waals surface area contributed by atoms with Gasteiger partial charge in [-0.2, -0.15) is 0 Å². The highest BCUT2D eigenvalue weighted by Crippen LogP contribution is 2.07. The molecule has 84 valence electrons. The van der Waals surface area contributed by atoms with Crippen LogP contribution in [0.1, 0.15) is 20.3 Å². The molecular formula is C11H24N2O. The molecular weight excluding hydrogens is 176 g/mol. The number of rotatable bonds is 5. The van der Waals surface area contributed by atoms with E-state index < -0.39 is 0 Å². The van der Waals surface area contributed by atoms with E-state index in [1.807, 2.05) is 0 Å². The molecule has 14 heavy (non-hydrogen) atoms. The predicted molar refractivity (Wildman–Crippen MR) is 59.6 cm³/mol. The first-order chi connectivity index (χ1) is 6.72. The molecule has 0 unspecified atom stereocenters. The second-order valence-corrected chi connectivity index (χ2v) is 4.53. The highest BCUT2D eigenvalue weighted by atomic mass is 16.5. The maximum atomic E-state index is 5.33. The molecule has 0 aromatic heterocycles. The Morgan fingerprint density at radius 2 is 1.93 bits per heavy atom. The van der Waals surface area contributed by atoms with Gasteiger partial charge in [0.2, 0.25) is 0 Å². The molecule has 1 N–H and O–H groups in total. The first-order valence-electron chi connectivity index (χ1n) is 5.69. The molecule has 1 atom stereocenters. The summed E-state index contributed by atoms with van der Waals surface area (Å²) in [5.74, 6) is 0.772. The summed E-state index contributed by atoms with van der Waals surface area (Å²) in [4.78, 5) is 2.49. The number of ether oxygens (including phenoxy) is 1. The Morgan fingerprint density at radius 3 is 2.43 bits per heavy atom. The zero-order valence-corrected chi connectivity index (χ0v) is 9.75. The van der Waals surface area contributed by atoms with Gasteiger partial charge in [0, 0.05) is 25.7 Å². The third kappa shape index (κ3) is 4.40. The summed E-state index contributed by atoms with van der Waals surface area (Å²) in [7, 11) is 2.06. The summed E-state index contributed by atoms with van der Waals surface area (Å²) in [6.45, 7) is 9.72. The molecule has 1 rings (SSSR count). The maximum Gasteiger partial charge on any atom is 0.0594 e. The van der Waals surface area contributed by atoms with Crippen molar-refractivity contribution in [1.82, 2.24) is 10.2 Å². The summed E-state index contributed by atoms with van der Waals surface area (Å²) >= 11 is 0. The lowest BCUT2D eigenvalue weighted by atomic mass is 10.0. The number of hydrogen-bond donors (Lipinski definition) is 1. The lowest BCUT2D eigenvalue weighted by Crippen LogP contribution is -2.45. The first-order valence-corrected chi connectivity index (χ1v) is 5.69. The van der Waals surface area contributed by atoms with Crippen molar-refractivity contribution < 1.29 is 4.74 Å². The molecule has 0 radical (unpaired) electrons. The minimum absolute atomic E-state index is 0.632. The van der Waals surface area contributed by atoms with Crippen LogP contribution < -0.4 is 5.32 Å². The molecule has 0 aromatic rings. The van der Waals surface area contributed by atoms with Crippen LogP contribution in [-0.2, 0) is 4.74 Å². The fourth-order valence-corrected chi connectivity index (χ4v) is 1.95. The van der Waals surface area contributed by atoms with Crippen molar-refractivity contribution in [2.24, 2.45) is 5.92 Å². The minimum Gasteiger partial charge on any atom is -0.379 e. The first kappa shape index (κ1) is 12.0. The van der Waals surface area contributed by atoms with Crippen LogP contribution in [0.25, 0.3) is 0 Å². The third-order valence-corrected chi connectivity index (χ3v) is 2.75. The molecule has 1 heterocycles. The van der Waals surface area contributed by atoms with E-state index >= 15 is 0 Å². The monoisotopic (exact) mass is 200 g/mol. The molecule has 0 bridgehead atoms. The number of likely N-dealkylation sites (N-methyl/N-ethyl adjacent to an activating group) is 1. The standard InChI is InChI=1S/C11H24N2O/c1-10(2)8-11(12-3)9-13-4-6-14-7-5-13/h10-12H,4-9H2,1-3H3/t11-/m0/s1. The van der Waals surface area contributed by atoms with E-state index in [4.69, 9.17) is 4.74 Å². The smallest absolute Gasteiger partial charge is 0.0594 e. The lowest BCUT2D eigenvalue weighted by molar-refractivity contribution is 0.0329. The number of morpholine rings is 1. The topological polar surface area (TPSA) is 24.5 Å². The fourth-order valence-electron chi connectivity index (χ4n) is 1.95. The van der Waals surface area contributed by atoms with E-state index in [1.165, 1.54) is 6.42 Å². The van der Waals surface area contributed by atoms with Crippen molar-refractivity contribution in [1.29, 1.82) is 0 Å². The number of nitrogens with one attached hydrogen (secondary N) is 1. The largest absolute Gasteiger partial charge is 0.379 e. The Bertz CT molecular complexity index is 144. The van der Waals surface area contributed by atoms with Crippen molar-refractivity contribution in [3.8, 4) is 0 Å². The Morgan fingerprint density at radius 1 is 1.29 bits per heavy atom. The second kappa shape index (κ2) is 6.38. The quantitative estimate of drug-likeness (QED) is 0.715. The normalized spacial score (nSPS) is 21.4. The second-order valence-electron chi connectivity index (χ2n) is 4.53. The fraction of sp³-hybridized carbons (Fsp3) is 1.00. The van der Waals surface area contributed by atoms with Crippen LogP contribution in [0.5, 0.6) is 0 Å². The van der Waals surface area contributed by atoms with Crippen LogP contribution in [0.4, 0.5) is 0 Å². The maximum absolute atomic E-state index is 5.33. The summed E-state index contributed by atoms with van der Waals surface area (Å²) < 4.78 is 5.33. The van der Waals surface area contributed by atoms with Crippen molar-refractivity contribution in [3.63, 3.8) is 0 Å². The van der Waals surface area contributed by atoms with E-state index in [9.17, 15) is 0 Å². The van der Waals surface area contributed by atoms with E-state index in [2.05, 4.69) is 31.1 Å². The molecule has 1 aliphatic rings.